The van der Waals surface area contributed by atoms with Crippen molar-refractivity contribution in [1.29, 1.82) is 0 Å². The second-order valence-corrected chi connectivity index (χ2v) is 5.91. The highest BCUT2D eigenvalue weighted by atomic mass is 16.5. The normalized spacial score (nSPS) is 14.2. The summed E-state index contributed by atoms with van der Waals surface area (Å²) in [5, 5.41) is 0. The second-order valence-electron chi connectivity index (χ2n) is 5.91. The third-order valence-corrected chi connectivity index (χ3v) is 3.93. The molecule has 0 saturated carbocycles. The van der Waals surface area contributed by atoms with Gasteiger partial charge in [0.25, 0.3) is 5.91 Å². The van der Waals surface area contributed by atoms with Gasteiger partial charge in [0.15, 0.2) is 0 Å². The minimum atomic E-state index is -0.0937. The molecule has 0 atom stereocenters. The Balaban J connectivity index is 2.05. The van der Waals surface area contributed by atoms with Crippen molar-refractivity contribution in [2.75, 3.05) is 40.4 Å². The Morgan fingerprint density at radius 2 is 1.62 bits per heavy atom. The molecule has 1 fully saturated rings. The molecule has 0 radical (unpaired) electrons. The molecule has 0 spiro atoms. The number of rotatable bonds is 4. The number of piperazine rings is 1. The molecule has 1 aromatic rings. The molecule has 0 aromatic heterocycles. The Morgan fingerprint density at radius 1 is 1.00 bits per heavy atom. The van der Waals surface area contributed by atoms with Crippen LogP contribution >= 0.6 is 0 Å². The van der Waals surface area contributed by atoms with Gasteiger partial charge in [0.1, 0.15) is 11.5 Å². The van der Waals surface area contributed by atoms with E-state index in [0.29, 0.717) is 43.2 Å². The number of methoxy groups -OCH3 is 2. The molecule has 1 heterocycles. The highest BCUT2D eigenvalue weighted by Gasteiger charge is 2.25. The Hall–Kier alpha value is -2.50. The first-order valence-corrected chi connectivity index (χ1v) is 7.91. The average Bonchev–Trinajstić information content (AvgIpc) is 2.60. The number of ether oxygens (including phenoxy) is 2. The third-order valence-electron chi connectivity index (χ3n) is 3.93. The van der Waals surface area contributed by atoms with E-state index < -0.39 is 0 Å². The summed E-state index contributed by atoms with van der Waals surface area (Å²) in [7, 11) is 3.10. The largest absolute Gasteiger partial charge is 0.497 e. The van der Waals surface area contributed by atoms with Crippen LogP contribution in [0.1, 0.15) is 24.2 Å². The van der Waals surface area contributed by atoms with Gasteiger partial charge in [-0.3, -0.25) is 9.59 Å². The van der Waals surface area contributed by atoms with Crippen molar-refractivity contribution in [3.8, 4) is 11.5 Å². The van der Waals surface area contributed by atoms with E-state index in [1.54, 1.807) is 41.2 Å². The number of benzene rings is 1. The fraction of sp³-hybridized carbons (Fsp3) is 0.444. The number of hydrogen-bond acceptors (Lipinski definition) is 4. The highest BCUT2D eigenvalue weighted by molar-refractivity contribution is 5.97. The molecule has 0 aliphatic carbocycles. The molecule has 6 heteroatoms. The van der Waals surface area contributed by atoms with Crippen LogP contribution in [-0.4, -0.2) is 62.0 Å². The third kappa shape index (κ3) is 4.07. The van der Waals surface area contributed by atoms with E-state index in [0.717, 1.165) is 5.57 Å². The van der Waals surface area contributed by atoms with Gasteiger partial charge in [-0.1, -0.05) is 5.57 Å². The summed E-state index contributed by atoms with van der Waals surface area (Å²) in [5.74, 6) is 1.04. The standard InChI is InChI=1S/C18H24N2O4/c1-13(2)11-17(21)19-7-9-20(10-8-19)18(22)15-6-5-14(23-3)12-16(15)24-4/h5-6,11-12H,7-10H2,1-4H3. The smallest absolute Gasteiger partial charge is 0.257 e. The van der Waals surface area contributed by atoms with Crippen molar-refractivity contribution in [3.63, 3.8) is 0 Å². The SMILES string of the molecule is COc1ccc(C(=O)N2CCN(C(=O)C=C(C)C)CC2)c(OC)c1. The summed E-state index contributed by atoms with van der Waals surface area (Å²) in [5.41, 5.74) is 1.48. The van der Waals surface area contributed by atoms with E-state index in [2.05, 4.69) is 0 Å². The van der Waals surface area contributed by atoms with Crippen LogP contribution in [0.15, 0.2) is 29.8 Å². The molecule has 1 aromatic carbocycles. The van der Waals surface area contributed by atoms with Crippen molar-refractivity contribution in [1.82, 2.24) is 9.80 Å². The summed E-state index contributed by atoms with van der Waals surface area (Å²) >= 11 is 0. The van der Waals surface area contributed by atoms with Crippen LogP contribution in [0, 0.1) is 0 Å². The molecule has 130 valence electrons. The fourth-order valence-electron chi connectivity index (χ4n) is 2.61. The lowest BCUT2D eigenvalue weighted by molar-refractivity contribution is -0.127. The maximum Gasteiger partial charge on any atom is 0.257 e. The van der Waals surface area contributed by atoms with Crippen molar-refractivity contribution in [3.05, 3.63) is 35.4 Å². The van der Waals surface area contributed by atoms with E-state index in [1.165, 1.54) is 7.11 Å². The van der Waals surface area contributed by atoms with Crippen LogP contribution in [0.2, 0.25) is 0 Å². The highest BCUT2D eigenvalue weighted by Crippen LogP contribution is 2.26. The lowest BCUT2D eigenvalue weighted by atomic mass is 10.1. The van der Waals surface area contributed by atoms with Gasteiger partial charge >= 0.3 is 0 Å². The molecular weight excluding hydrogens is 308 g/mol. The van der Waals surface area contributed by atoms with Gasteiger partial charge in [-0.2, -0.15) is 0 Å². The Bertz CT molecular complexity index is 642. The van der Waals surface area contributed by atoms with Gasteiger partial charge in [-0.15, -0.1) is 0 Å². The molecule has 0 N–H and O–H groups in total. The Kier molecular flexibility index (Phi) is 5.84. The van der Waals surface area contributed by atoms with Crippen LogP contribution in [-0.2, 0) is 4.79 Å². The maximum absolute atomic E-state index is 12.7. The monoisotopic (exact) mass is 332 g/mol. The van der Waals surface area contributed by atoms with E-state index in [-0.39, 0.29) is 11.8 Å². The van der Waals surface area contributed by atoms with Crippen molar-refractivity contribution in [2.45, 2.75) is 13.8 Å². The molecule has 0 unspecified atom stereocenters. The van der Waals surface area contributed by atoms with E-state index >= 15 is 0 Å². The first kappa shape index (κ1) is 17.8. The summed E-state index contributed by atoms with van der Waals surface area (Å²) in [6.45, 7) is 5.88. The van der Waals surface area contributed by atoms with Crippen LogP contribution in [0.5, 0.6) is 11.5 Å². The second kappa shape index (κ2) is 7.86. The number of carbonyl (C=O) groups is 2. The van der Waals surface area contributed by atoms with Crippen molar-refractivity contribution in [2.24, 2.45) is 0 Å². The number of nitrogens with zero attached hydrogens (tertiary/aromatic N) is 2. The summed E-state index contributed by atoms with van der Waals surface area (Å²) in [6.07, 6.45) is 1.63. The van der Waals surface area contributed by atoms with Gasteiger partial charge in [0.05, 0.1) is 19.8 Å². The van der Waals surface area contributed by atoms with Gasteiger partial charge in [0, 0.05) is 38.3 Å². The van der Waals surface area contributed by atoms with Gasteiger partial charge in [-0.05, 0) is 26.0 Å². The Morgan fingerprint density at radius 3 is 2.17 bits per heavy atom. The number of allylic oxidation sites excluding steroid dienone is 1. The molecule has 2 amide bonds. The number of hydrogen-bond donors (Lipinski definition) is 0. The first-order chi connectivity index (χ1) is 11.5. The molecule has 1 aliphatic heterocycles. The van der Waals surface area contributed by atoms with E-state index in [4.69, 9.17) is 9.47 Å². The lowest BCUT2D eigenvalue weighted by Crippen LogP contribution is -2.50. The molecule has 6 nitrogen and oxygen atoms in total. The predicted octanol–water partition coefficient (Wildman–Crippen LogP) is 1.95. The zero-order valence-corrected chi connectivity index (χ0v) is 14.7. The van der Waals surface area contributed by atoms with Gasteiger partial charge in [-0.25, -0.2) is 0 Å². The molecule has 2 rings (SSSR count). The predicted molar refractivity (Wildman–Crippen MR) is 91.5 cm³/mol. The zero-order valence-electron chi connectivity index (χ0n) is 14.7. The molecule has 0 bridgehead atoms. The van der Waals surface area contributed by atoms with Gasteiger partial charge in [0.2, 0.25) is 5.91 Å². The quantitative estimate of drug-likeness (QED) is 0.791. The topological polar surface area (TPSA) is 59.1 Å². The molecule has 24 heavy (non-hydrogen) atoms. The van der Waals surface area contributed by atoms with Gasteiger partial charge < -0.3 is 19.3 Å². The molecular formula is C18H24N2O4. The zero-order chi connectivity index (χ0) is 17.7. The summed E-state index contributed by atoms with van der Waals surface area (Å²) in [6, 6.07) is 5.15. The number of amides is 2. The minimum Gasteiger partial charge on any atom is -0.497 e. The summed E-state index contributed by atoms with van der Waals surface area (Å²) < 4.78 is 10.5. The maximum atomic E-state index is 12.7. The van der Waals surface area contributed by atoms with E-state index in [1.807, 2.05) is 13.8 Å². The van der Waals surface area contributed by atoms with Crippen LogP contribution in [0.25, 0.3) is 0 Å². The Labute approximate surface area is 142 Å². The number of carbonyl (C=O) groups excluding carboxylic acids is 2. The van der Waals surface area contributed by atoms with E-state index in [9.17, 15) is 9.59 Å². The van der Waals surface area contributed by atoms with Crippen LogP contribution in [0.4, 0.5) is 0 Å². The fourth-order valence-corrected chi connectivity index (χ4v) is 2.61. The lowest BCUT2D eigenvalue weighted by Gasteiger charge is -2.34. The molecule has 1 aliphatic rings. The molecule has 1 saturated heterocycles. The van der Waals surface area contributed by atoms with Crippen LogP contribution in [0.3, 0.4) is 0 Å². The van der Waals surface area contributed by atoms with Crippen molar-refractivity contribution >= 4 is 11.8 Å². The first-order valence-electron chi connectivity index (χ1n) is 7.91. The van der Waals surface area contributed by atoms with Crippen molar-refractivity contribution < 1.29 is 19.1 Å². The average molecular weight is 332 g/mol. The van der Waals surface area contributed by atoms with Crippen LogP contribution < -0.4 is 9.47 Å². The summed E-state index contributed by atoms with van der Waals surface area (Å²) in [4.78, 5) is 28.3. The minimum absolute atomic E-state index is 0.00382.